The van der Waals surface area contributed by atoms with Crippen LogP contribution in [-0.4, -0.2) is 28.5 Å². The van der Waals surface area contributed by atoms with Gasteiger partial charge in [-0.05, 0) is 62.9 Å². The Bertz CT molecular complexity index is 610. The van der Waals surface area contributed by atoms with E-state index in [9.17, 15) is 0 Å². The number of hydrogen-bond donors (Lipinski definition) is 1. The van der Waals surface area contributed by atoms with Crippen molar-refractivity contribution in [3.05, 3.63) is 52.9 Å². The molecule has 1 atom stereocenters. The molecule has 4 nitrogen and oxygen atoms in total. The van der Waals surface area contributed by atoms with Gasteiger partial charge in [0.1, 0.15) is 5.82 Å². The number of fused-ring (bicyclic) bond motifs is 1. The smallest absolute Gasteiger partial charge is 0.133 e. The molecule has 0 radical (unpaired) electrons. The van der Waals surface area contributed by atoms with Crippen LogP contribution in [0.5, 0.6) is 0 Å². The monoisotopic (exact) mass is 282 g/mol. The summed E-state index contributed by atoms with van der Waals surface area (Å²) in [5.41, 5.74) is 4.95. The van der Waals surface area contributed by atoms with E-state index in [1.807, 2.05) is 19.3 Å². The Morgan fingerprint density at radius 2 is 2.24 bits per heavy atom. The minimum atomic E-state index is 0.717. The van der Waals surface area contributed by atoms with Gasteiger partial charge in [0.2, 0.25) is 0 Å². The molecular weight excluding hydrogens is 260 g/mol. The van der Waals surface area contributed by atoms with Gasteiger partial charge in [-0.15, -0.1) is 0 Å². The lowest BCUT2D eigenvalue weighted by Gasteiger charge is -2.25. The average molecular weight is 282 g/mol. The van der Waals surface area contributed by atoms with E-state index in [2.05, 4.69) is 23.3 Å². The molecule has 1 unspecified atom stereocenters. The molecular formula is C17H22N4. The SMILES string of the molecule is CNCC1CCc2nc(Cc3cccnc3)nc(C)c2C1. The van der Waals surface area contributed by atoms with Gasteiger partial charge in [0.25, 0.3) is 0 Å². The van der Waals surface area contributed by atoms with Gasteiger partial charge >= 0.3 is 0 Å². The molecule has 1 aliphatic rings. The highest BCUT2D eigenvalue weighted by Crippen LogP contribution is 2.26. The molecule has 1 aliphatic carbocycles. The maximum Gasteiger partial charge on any atom is 0.133 e. The third-order valence-electron chi connectivity index (χ3n) is 4.21. The summed E-state index contributed by atoms with van der Waals surface area (Å²) in [5.74, 6) is 1.64. The predicted octanol–water partition coefficient (Wildman–Crippen LogP) is 2.10. The van der Waals surface area contributed by atoms with Crippen LogP contribution in [0.2, 0.25) is 0 Å². The van der Waals surface area contributed by atoms with E-state index in [-0.39, 0.29) is 0 Å². The maximum atomic E-state index is 4.80. The van der Waals surface area contributed by atoms with Crippen molar-refractivity contribution in [1.82, 2.24) is 20.3 Å². The van der Waals surface area contributed by atoms with Crippen molar-refractivity contribution >= 4 is 0 Å². The van der Waals surface area contributed by atoms with Gasteiger partial charge in [-0.25, -0.2) is 9.97 Å². The summed E-state index contributed by atoms with van der Waals surface area (Å²) in [5, 5.41) is 3.28. The van der Waals surface area contributed by atoms with Crippen molar-refractivity contribution in [3.8, 4) is 0 Å². The zero-order valence-electron chi connectivity index (χ0n) is 12.8. The Labute approximate surface area is 126 Å². The Morgan fingerprint density at radius 1 is 1.33 bits per heavy atom. The largest absolute Gasteiger partial charge is 0.319 e. The van der Waals surface area contributed by atoms with Crippen LogP contribution in [0.15, 0.2) is 24.5 Å². The lowest BCUT2D eigenvalue weighted by molar-refractivity contribution is 0.431. The van der Waals surface area contributed by atoms with Crippen LogP contribution in [0.4, 0.5) is 0 Å². The molecule has 3 rings (SSSR count). The standard InChI is InChI=1S/C17H22N4/c1-12-15-8-14(10-18-2)5-6-16(15)21-17(20-12)9-13-4-3-7-19-11-13/h3-4,7,11,14,18H,5-6,8-10H2,1-2H3. The van der Waals surface area contributed by atoms with Crippen LogP contribution >= 0.6 is 0 Å². The van der Waals surface area contributed by atoms with Crippen LogP contribution in [0.3, 0.4) is 0 Å². The molecule has 0 aliphatic heterocycles. The van der Waals surface area contributed by atoms with Crippen LogP contribution < -0.4 is 5.32 Å². The first-order chi connectivity index (χ1) is 10.3. The lowest BCUT2D eigenvalue weighted by atomic mass is 9.85. The first-order valence-electron chi connectivity index (χ1n) is 7.65. The summed E-state index contributed by atoms with van der Waals surface area (Å²) < 4.78 is 0. The maximum absolute atomic E-state index is 4.80. The minimum Gasteiger partial charge on any atom is -0.319 e. The summed E-state index contributed by atoms with van der Waals surface area (Å²) in [7, 11) is 2.02. The predicted molar refractivity (Wildman–Crippen MR) is 83.3 cm³/mol. The zero-order valence-corrected chi connectivity index (χ0v) is 12.8. The Kier molecular flexibility index (Phi) is 4.25. The molecule has 21 heavy (non-hydrogen) atoms. The molecule has 0 fully saturated rings. The number of hydrogen-bond acceptors (Lipinski definition) is 4. The fourth-order valence-corrected chi connectivity index (χ4v) is 3.15. The summed E-state index contributed by atoms with van der Waals surface area (Å²) in [6.07, 6.45) is 7.85. The van der Waals surface area contributed by atoms with Crippen LogP contribution in [0.1, 0.15) is 34.8 Å². The second-order valence-electron chi connectivity index (χ2n) is 5.86. The van der Waals surface area contributed by atoms with Gasteiger partial charge in [0.05, 0.1) is 0 Å². The Morgan fingerprint density at radius 3 is 3.00 bits per heavy atom. The topological polar surface area (TPSA) is 50.7 Å². The fourth-order valence-electron chi connectivity index (χ4n) is 3.15. The number of nitrogens with one attached hydrogen (secondary N) is 1. The first-order valence-corrected chi connectivity index (χ1v) is 7.65. The zero-order chi connectivity index (χ0) is 14.7. The molecule has 0 spiro atoms. The molecule has 2 heterocycles. The van der Waals surface area contributed by atoms with Gasteiger partial charge in [-0.1, -0.05) is 6.07 Å². The summed E-state index contributed by atoms with van der Waals surface area (Å²) in [6.45, 7) is 3.20. The van der Waals surface area contributed by atoms with Crippen molar-refractivity contribution in [2.45, 2.75) is 32.6 Å². The Balaban J connectivity index is 1.82. The van der Waals surface area contributed by atoms with Crippen molar-refractivity contribution in [3.63, 3.8) is 0 Å². The third-order valence-corrected chi connectivity index (χ3v) is 4.21. The summed E-state index contributed by atoms with van der Waals surface area (Å²) >= 11 is 0. The van der Waals surface area contributed by atoms with E-state index >= 15 is 0 Å². The highest BCUT2D eigenvalue weighted by Gasteiger charge is 2.22. The van der Waals surface area contributed by atoms with Gasteiger partial charge in [0.15, 0.2) is 0 Å². The second kappa shape index (κ2) is 6.31. The van der Waals surface area contributed by atoms with Gasteiger partial charge in [-0.3, -0.25) is 4.98 Å². The molecule has 2 aromatic heterocycles. The van der Waals surface area contributed by atoms with E-state index in [0.717, 1.165) is 37.3 Å². The van der Waals surface area contributed by atoms with E-state index < -0.39 is 0 Å². The normalized spacial score (nSPS) is 17.5. The van der Waals surface area contributed by atoms with Crippen molar-refractivity contribution in [2.24, 2.45) is 5.92 Å². The second-order valence-corrected chi connectivity index (χ2v) is 5.86. The van der Waals surface area contributed by atoms with Gasteiger partial charge in [-0.2, -0.15) is 0 Å². The van der Waals surface area contributed by atoms with Crippen LogP contribution in [-0.2, 0) is 19.3 Å². The van der Waals surface area contributed by atoms with Crippen LogP contribution in [0, 0.1) is 12.8 Å². The molecule has 0 saturated heterocycles. The molecule has 0 amide bonds. The fraction of sp³-hybridized carbons (Fsp3) is 0.471. The molecule has 1 N–H and O–H groups in total. The third kappa shape index (κ3) is 3.27. The number of aromatic nitrogens is 3. The summed E-state index contributed by atoms with van der Waals surface area (Å²) in [6, 6.07) is 4.04. The van der Waals surface area contributed by atoms with Gasteiger partial charge in [0, 0.05) is 30.2 Å². The number of nitrogens with zero attached hydrogens (tertiary/aromatic N) is 3. The van der Waals surface area contributed by atoms with E-state index in [0.29, 0.717) is 5.92 Å². The number of rotatable bonds is 4. The van der Waals surface area contributed by atoms with Crippen molar-refractivity contribution < 1.29 is 0 Å². The van der Waals surface area contributed by atoms with E-state index in [1.54, 1.807) is 6.20 Å². The minimum absolute atomic E-state index is 0.717. The molecule has 0 bridgehead atoms. The quantitative estimate of drug-likeness (QED) is 0.933. The number of aryl methyl sites for hydroxylation is 2. The molecule has 110 valence electrons. The first kappa shape index (κ1) is 14.1. The highest BCUT2D eigenvalue weighted by molar-refractivity contribution is 5.29. The number of pyridine rings is 1. The van der Waals surface area contributed by atoms with Gasteiger partial charge < -0.3 is 5.32 Å². The molecule has 0 saturated carbocycles. The van der Waals surface area contributed by atoms with E-state index in [4.69, 9.17) is 9.97 Å². The molecule has 4 heteroatoms. The highest BCUT2D eigenvalue weighted by atomic mass is 14.9. The Hall–Kier alpha value is -1.81. The van der Waals surface area contributed by atoms with Crippen molar-refractivity contribution in [1.29, 1.82) is 0 Å². The average Bonchev–Trinajstić information content (AvgIpc) is 2.49. The molecule has 0 aromatic carbocycles. The van der Waals surface area contributed by atoms with Crippen LogP contribution in [0.25, 0.3) is 0 Å². The summed E-state index contributed by atoms with van der Waals surface area (Å²) in [4.78, 5) is 13.7. The molecule has 2 aromatic rings. The van der Waals surface area contributed by atoms with Crippen molar-refractivity contribution in [2.75, 3.05) is 13.6 Å². The van der Waals surface area contributed by atoms with E-state index in [1.165, 1.54) is 23.2 Å². The lowest BCUT2D eigenvalue weighted by Crippen LogP contribution is -2.26.